The highest BCUT2D eigenvalue weighted by atomic mass is 32.2. The van der Waals surface area contributed by atoms with Crippen LogP contribution in [0.5, 0.6) is 5.88 Å². The Kier molecular flexibility index (Phi) is 6.35. The minimum absolute atomic E-state index is 0.00409. The van der Waals surface area contributed by atoms with Gasteiger partial charge in [-0.1, -0.05) is 24.8 Å². The van der Waals surface area contributed by atoms with E-state index in [1.54, 1.807) is 0 Å². The molecule has 0 aromatic carbocycles. The maximum atomic E-state index is 13.5. The van der Waals surface area contributed by atoms with E-state index in [0.29, 0.717) is 33.7 Å². The Labute approximate surface area is 157 Å². The van der Waals surface area contributed by atoms with Gasteiger partial charge < -0.3 is 9.64 Å². The topological polar surface area (TPSA) is 72.4 Å². The van der Waals surface area contributed by atoms with E-state index in [2.05, 4.69) is 16.5 Å². The van der Waals surface area contributed by atoms with Gasteiger partial charge >= 0.3 is 0 Å². The standard InChI is InChI=1S/C17H22FN3O3S2/c1-6-21(12(3)11(2)10-26(5,22)23)17-15(24-4)20-16(25-17)13-7-14(18)9-19-8-13/h7-9,11H,3,6,10H2,1-2,4-5H3. The Morgan fingerprint density at radius 1 is 1.46 bits per heavy atom. The molecular weight excluding hydrogens is 377 g/mol. The van der Waals surface area contributed by atoms with Gasteiger partial charge in [-0.25, -0.2) is 12.8 Å². The van der Waals surface area contributed by atoms with Gasteiger partial charge in [0.05, 0.1) is 19.1 Å². The SMILES string of the molecule is C=C(C(C)CS(C)(=O)=O)N(CC)c1sc(-c2cncc(F)c2)nc1OC. The minimum atomic E-state index is -3.13. The van der Waals surface area contributed by atoms with Crippen LogP contribution in [0.1, 0.15) is 13.8 Å². The molecule has 0 radical (unpaired) electrons. The number of halogens is 1. The second-order valence-electron chi connectivity index (χ2n) is 5.95. The van der Waals surface area contributed by atoms with Crippen molar-refractivity contribution in [2.45, 2.75) is 13.8 Å². The van der Waals surface area contributed by atoms with Crippen molar-refractivity contribution in [1.29, 1.82) is 0 Å². The van der Waals surface area contributed by atoms with E-state index in [-0.39, 0.29) is 11.7 Å². The summed E-state index contributed by atoms with van der Waals surface area (Å²) in [5.74, 6) is -0.332. The molecule has 0 aliphatic rings. The molecule has 0 aliphatic carbocycles. The number of ether oxygens (including phenoxy) is 1. The molecule has 9 heteroatoms. The molecule has 2 rings (SSSR count). The van der Waals surface area contributed by atoms with Gasteiger partial charge in [-0.05, 0) is 13.0 Å². The molecule has 26 heavy (non-hydrogen) atoms. The first-order chi connectivity index (χ1) is 12.2. The van der Waals surface area contributed by atoms with Gasteiger partial charge in [0.25, 0.3) is 0 Å². The summed E-state index contributed by atoms with van der Waals surface area (Å²) < 4.78 is 42.0. The van der Waals surface area contributed by atoms with Crippen LogP contribution < -0.4 is 9.64 Å². The summed E-state index contributed by atoms with van der Waals surface area (Å²) in [4.78, 5) is 10.1. The lowest BCUT2D eigenvalue weighted by Crippen LogP contribution is -2.28. The molecule has 0 N–H and O–H groups in total. The van der Waals surface area contributed by atoms with Crippen LogP contribution in [0.25, 0.3) is 10.6 Å². The Morgan fingerprint density at radius 2 is 2.15 bits per heavy atom. The molecule has 2 heterocycles. The number of nitrogens with zero attached hydrogens (tertiary/aromatic N) is 3. The van der Waals surface area contributed by atoms with Crippen LogP contribution in [0, 0.1) is 11.7 Å². The van der Waals surface area contributed by atoms with E-state index in [1.807, 2.05) is 18.7 Å². The lowest BCUT2D eigenvalue weighted by Gasteiger charge is -2.27. The number of hydrogen-bond donors (Lipinski definition) is 0. The monoisotopic (exact) mass is 399 g/mol. The first kappa shape index (κ1) is 20.3. The van der Waals surface area contributed by atoms with Crippen molar-refractivity contribution in [1.82, 2.24) is 9.97 Å². The van der Waals surface area contributed by atoms with Gasteiger partial charge in [-0.15, -0.1) is 0 Å². The second kappa shape index (κ2) is 8.13. The number of methoxy groups -OCH3 is 1. The van der Waals surface area contributed by atoms with Crippen molar-refractivity contribution >= 4 is 26.2 Å². The maximum Gasteiger partial charge on any atom is 0.249 e. The fraction of sp³-hybridized carbons (Fsp3) is 0.412. The number of allylic oxidation sites excluding steroid dienone is 1. The zero-order valence-electron chi connectivity index (χ0n) is 15.2. The summed E-state index contributed by atoms with van der Waals surface area (Å²) in [7, 11) is -1.63. The van der Waals surface area contributed by atoms with Gasteiger partial charge in [-0.2, -0.15) is 4.98 Å². The number of aromatic nitrogens is 2. The second-order valence-corrected chi connectivity index (χ2v) is 9.12. The summed E-state index contributed by atoms with van der Waals surface area (Å²) in [6, 6.07) is 1.35. The van der Waals surface area contributed by atoms with Gasteiger partial charge in [0, 0.05) is 36.2 Å². The highest BCUT2D eigenvalue weighted by Gasteiger charge is 2.24. The fourth-order valence-electron chi connectivity index (χ4n) is 2.55. The molecule has 1 atom stereocenters. The summed E-state index contributed by atoms with van der Waals surface area (Å²) >= 11 is 1.32. The smallest absolute Gasteiger partial charge is 0.249 e. The van der Waals surface area contributed by atoms with E-state index < -0.39 is 15.7 Å². The van der Waals surface area contributed by atoms with Gasteiger partial charge in [0.1, 0.15) is 20.7 Å². The molecule has 2 aromatic rings. The van der Waals surface area contributed by atoms with E-state index in [4.69, 9.17) is 4.74 Å². The number of anilines is 1. The zero-order valence-corrected chi connectivity index (χ0v) is 16.8. The molecule has 0 saturated heterocycles. The van der Waals surface area contributed by atoms with Crippen LogP contribution >= 0.6 is 11.3 Å². The molecule has 0 aliphatic heterocycles. The first-order valence-electron chi connectivity index (χ1n) is 7.96. The lowest BCUT2D eigenvalue weighted by molar-refractivity contribution is 0.401. The van der Waals surface area contributed by atoms with Crippen LogP contribution in [0.15, 0.2) is 30.7 Å². The Bertz CT molecular complexity index is 896. The maximum absolute atomic E-state index is 13.5. The Balaban J connectivity index is 2.39. The average molecular weight is 400 g/mol. The molecule has 0 fully saturated rings. The number of hydrogen-bond acceptors (Lipinski definition) is 7. The van der Waals surface area contributed by atoms with Crippen molar-refractivity contribution in [3.8, 4) is 16.5 Å². The Morgan fingerprint density at radius 3 is 2.69 bits per heavy atom. The predicted molar refractivity (Wildman–Crippen MR) is 103 cm³/mol. The fourth-order valence-corrected chi connectivity index (χ4v) is 4.76. The number of pyridine rings is 1. The van der Waals surface area contributed by atoms with E-state index >= 15 is 0 Å². The number of rotatable bonds is 8. The van der Waals surface area contributed by atoms with Gasteiger partial charge in [0.15, 0.2) is 5.00 Å². The molecule has 0 saturated carbocycles. The molecule has 2 aromatic heterocycles. The average Bonchev–Trinajstić information content (AvgIpc) is 2.98. The third-order valence-corrected chi connectivity index (χ3v) is 5.97. The predicted octanol–water partition coefficient (Wildman–Crippen LogP) is 3.37. The van der Waals surface area contributed by atoms with Crippen molar-refractivity contribution in [2.24, 2.45) is 5.92 Å². The van der Waals surface area contributed by atoms with Crippen LogP contribution in [0.4, 0.5) is 9.39 Å². The van der Waals surface area contributed by atoms with E-state index in [1.165, 1.54) is 37.0 Å². The van der Waals surface area contributed by atoms with E-state index in [9.17, 15) is 12.8 Å². The number of thiazole rings is 1. The van der Waals surface area contributed by atoms with Crippen LogP contribution in [0.3, 0.4) is 0 Å². The van der Waals surface area contributed by atoms with Crippen LogP contribution in [-0.4, -0.2) is 44.0 Å². The van der Waals surface area contributed by atoms with Crippen molar-refractivity contribution in [2.75, 3.05) is 30.6 Å². The quantitative estimate of drug-likeness (QED) is 0.678. The summed E-state index contributed by atoms with van der Waals surface area (Å²) in [6.07, 6.45) is 3.86. The minimum Gasteiger partial charge on any atom is -0.479 e. The van der Waals surface area contributed by atoms with Gasteiger partial charge in [-0.3, -0.25) is 4.98 Å². The largest absolute Gasteiger partial charge is 0.479 e. The number of sulfone groups is 1. The highest BCUT2D eigenvalue weighted by molar-refractivity contribution is 7.90. The third-order valence-electron chi connectivity index (χ3n) is 3.75. The van der Waals surface area contributed by atoms with Crippen molar-refractivity contribution in [3.63, 3.8) is 0 Å². The van der Waals surface area contributed by atoms with E-state index in [0.717, 1.165) is 6.20 Å². The zero-order chi connectivity index (χ0) is 19.5. The van der Waals surface area contributed by atoms with Crippen LogP contribution in [0.2, 0.25) is 0 Å². The molecular formula is C17H22FN3O3S2. The van der Waals surface area contributed by atoms with Gasteiger partial charge in [0.2, 0.25) is 5.88 Å². The molecule has 6 nitrogen and oxygen atoms in total. The molecule has 0 spiro atoms. The third kappa shape index (κ3) is 4.79. The highest BCUT2D eigenvalue weighted by Crippen LogP contribution is 2.41. The lowest BCUT2D eigenvalue weighted by atomic mass is 10.1. The van der Waals surface area contributed by atoms with Crippen molar-refractivity contribution < 1.29 is 17.5 Å². The molecule has 1 unspecified atom stereocenters. The summed E-state index contributed by atoms with van der Waals surface area (Å²) in [6.45, 7) is 8.38. The Hall–Kier alpha value is -2.00. The molecule has 142 valence electrons. The van der Waals surface area contributed by atoms with Crippen molar-refractivity contribution in [3.05, 3.63) is 36.6 Å². The van der Waals surface area contributed by atoms with Crippen LogP contribution in [-0.2, 0) is 9.84 Å². The summed E-state index contributed by atoms with van der Waals surface area (Å²) in [5.41, 5.74) is 1.20. The molecule has 0 bridgehead atoms. The molecule has 0 amide bonds. The summed E-state index contributed by atoms with van der Waals surface area (Å²) in [5, 5.41) is 1.26. The normalized spacial score (nSPS) is 12.7. The first-order valence-corrected chi connectivity index (χ1v) is 10.8.